The fourth-order valence-corrected chi connectivity index (χ4v) is 2.39. The Bertz CT molecular complexity index is 621. The predicted molar refractivity (Wildman–Crippen MR) is 78.1 cm³/mol. The molecule has 6 heteroatoms. The Kier molecular flexibility index (Phi) is 4.55. The first-order valence-corrected chi connectivity index (χ1v) is 7.39. The van der Waals surface area contributed by atoms with Crippen LogP contribution in [-0.2, 0) is 0 Å². The van der Waals surface area contributed by atoms with Gasteiger partial charge in [-0.2, -0.15) is 0 Å². The fourth-order valence-electron chi connectivity index (χ4n) is 1.51. The lowest BCUT2D eigenvalue weighted by atomic mass is 10.2. The number of pyridine rings is 1. The van der Waals surface area contributed by atoms with E-state index in [9.17, 15) is 9.18 Å². The van der Waals surface area contributed by atoms with Crippen molar-refractivity contribution in [1.29, 1.82) is 0 Å². The SMILES string of the molecule is CSc1ncccc1C(=O)Nc1ccc(Br)cc1F. The van der Waals surface area contributed by atoms with Gasteiger partial charge in [-0.15, -0.1) is 11.8 Å². The lowest BCUT2D eigenvalue weighted by Gasteiger charge is -2.08. The normalized spacial score (nSPS) is 10.3. The van der Waals surface area contributed by atoms with Crippen LogP contribution >= 0.6 is 27.7 Å². The molecule has 1 amide bonds. The molecule has 0 aliphatic rings. The van der Waals surface area contributed by atoms with Crippen molar-refractivity contribution < 1.29 is 9.18 Å². The number of halogens is 2. The molecule has 98 valence electrons. The summed E-state index contributed by atoms with van der Waals surface area (Å²) in [4.78, 5) is 16.2. The van der Waals surface area contributed by atoms with E-state index in [1.54, 1.807) is 24.4 Å². The summed E-state index contributed by atoms with van der Waals surface area (Å²) in [6.45, 7) is 0. The van der Waals surface area contributed by atoms with Crippen LogP contribution in [0, 0.1) is 5.82 Å². The van der Waals surface area contributed by atoms with E-state index >= 15 is 0 Å². The Morgan fingerprint density at radius 2 is 2.21 bits per heavy atom. The number of nitrogens with one attached hydrogen (secondary N) is 1. The third-order valence-electron chi connectivity index (χ3n) is 2.39. The zero-order chi connectivity index (χ0) is 13.8. The Morgan fingerprint density at radius 3 is 2.89 bits per heavy atom. The first kappa shape index (κ1) is 14.0. The minimum Gasteiger partial charge on any atom is -0.319 e. The fraction of sp³-hybridized carbons (Fsp3) is 0.0769. The van der Waals surface area contributed by atoms with E-state index in [0.717, 1.165) is 0 Å². The van der Waals surface area contributed by atoms with Crippen LogP contribution in [0.25, 0.3) is 0 Å². The number of hydrogen-bond acceptors (Lipinski definition) is 3. The van der Waals surface area contributed by atoms with Crippen molar-refractivity contribution in [3.63, 3.8) is 0 Å². The van der Waals surface area contributed by atoms with Crippen LogP contribution in [0.1, 0.15) is 10.4 Å². The average Bonchev–Trinajstić information content (AvgIpc) is 2.41. The summed E-state index contributed by atoms with van der Waals surface area (Å²) in [6.07, 6.45) is 3.45. The maximum absolute atomic E-state index is 13.6. The van der Waals surface area contributed by atoms with E-state index < -0.39 is 5.82 Å². The van der Waals surface area contributed by atoms with Gasteiger partial charge in [-0.25, -0.2) is 9.37 Å². The van der Waals surface area contributed by atoms with Crippen molar-refractivity contribution in [2.24, 2.45) is 0 Å². The number of anilines is 1. The molecule has 0 aliphatic carbocycles. The summed E-state index contributed by atoms with van der Waals surface area (Å²) < 4.78 is 14.3. The number of thioether (sulfide) groups is 1. The summed E-state index contributed by atoms with van der Waals surface area (Å²) in [6, 6.07) is 7.80. The van der Waals surface area contributed by atoms with Gasteiger partial charge in [-0.3, -0.25) is 4.79 Å². The van der Waals surface area contributed by atoms with Gasteiger partial charge in [0.1, 0.15) is 10.8 Å². The van der Waals surface area contributed by atoms with Crippen molar-refractivity contribution in [1.82, 2.24) is 4.98 Å². The van der Waals surface area contributed by atoms with Gasteiger partial charge < -0.3 is 5.32 Å². The van der Waals surface area contributed by atoms with Crippen LogP contribution in [0.3, 0.4) is 0 Å². The molecule has 1 aromatic heterocycles. The van der Waals surface area contributed by atoms with Crippen molar-refractivity contribution in [2.45, 2.75) is 5.03 Å². The van der Waals surface area contributed by atoms with E-state index in [4.69, 9.17) is 0 Å². The minimum atomic E-state index is -0.489. The van der Waals surface area contributed by atoms with Crippen LogP contribution in [0.15, 0.2) is 46.0 Å². The van der Waals surface area contributed by atoms with Crippen molar-refractivity contribution in [3.8, 4) is 0 Å². The Morgan fingerprint density at radius 1 is 1.42 bits per heavy atom. The van der Waals surface area contributed by atoms with Crippen molar-refractivity contribution in [2.75, 3.05) is 11.6 Å². The van der Waals surface area contributed by atoms with Gasteiger partial charge in [0, 0.05) is 10.7 Å². The highest BCUT2D eigenvalue weighted by Gasteiger charge is 2.13. The highest BCUT2D eigenvalue weighted by atomic mass is 79.9. The molecule has 0 unspecified atom stereocenters. The molecule has 1 heterocycles. The van der Waals surface area contributed by atoms with Crippen LogP contribution in [-0.4, -0.2) is 17.1 Å². The summed E-state index contributed by atoms with van der Waals surface area (Å²) >= 11 is 4.53. The number of carbonyl (C=O) groups excluding carboxylic acids is 1. The molecule has 2 aromatic rings. The second-order valence-electron chi connectivity index (χ2n) is 3.64. The maximum Gasteiger partial charge on any atom is 0.258 e. The quantitative estimate of drug-likeness (QED) is 0.860. The van der Waals surface area contributed by atoms with Gasteiger partial charge in [-0.05, 0) is 36.6 Å². The van der Waals surface area contributed by atoms with Gasteiger partial charge in [0.25, 0.3) is 5.91 Å². The van der Waals surface area contributed by atoms with E-state index in [0.29, 0.717) is 15.1 Å². The number of amides is 1. The maximum atomic E-state index is 13.6. The predicted octanol–water partition coefficient (Wildman–Crippen LogP) is 3.96. The molecule has 19 heavy (non-hydrogen) atoms. The molecule has 0 atom stereocenters. The summed E-state index contributed by atoms with van der Waals surface area (Å²) in [5.41, 5.74) is 0.571. The monoisotopic (exact) mass is 340 g/mol. The molecule has 2 rings (SSSR count). The summed E-state index contributed by atoms with van der Waals surface area (Å²) in [7, 11) is 0. The number of aromatic nitrogens is 1. The Labute approximate surface area is 122 Å². The average molecular weight is 341 g/mol. The summed E-state index contributed by atoms with van der Waals surface area (Å²) in [5, 5.41) is 3.15. The largest absolute Gasteiger partial charge is 0.319 e. The first-order chi connectivity index (χ1) is 9.11. The van der Waals surface area contributed by atoms with Gasteiger partial charge in [-0.1, -0.05) is 15.9 Å². The number of carbonyl (C=O) groups is 1. The van der Waals surface area contributed by atoms with Crippen molar-refractivity contribution >= 4 is 39.3 Å². The van der Waals surface area contributed by atoms with Crippen LogP contribution in [0.4, 0.5) is 10.1 Å². The molecule has 0 fully saturated rings. The molecule has 0 saturated heterocycles. The Hall–Kier alpha value is -1.40. The highest BCUT2D eigenvalue weighted by molar-refractivity contribution is 9.10. The number of hydrogen-bond donors (Lipinski definition) is 1. The lowest BCUT2D eigenvalue weighted by Crippen LogP contribution is -2.14. The zero-order valence-corrected chi connectivity index (χ0v) is 12.4. The lowest BCUT2D eigenvalue weighted by molar-refractivity contribution is 0.102. The highest BCUT2D eigenvalue weighted by Crippen LogP contribution is 2.22. The first-order valence-electron chi connectivity index (χ1n) is 5.37. The van der Waals surface area contributed by atoms with Crippen LogP contribution < -0.4 is 5.32 Å². The molecule has 0 saturated carbocycles. The molecule has 3 nitrogen and oxygen atoms in total. The van der Waals surface area contributed by atoms with Gasteiger partial charge >= 0.3 is 0 Å². The van der Waals surface area contributed by atoms with E-state index in [-0.39, 0.29) is 11.6 Å². The molecular weight excluding hydrogens is 331 g/mol. The number of benzene rings is 1. The Balaban J connectivity index is 2.26. The molecule has 0 aliphatic heterocycles. The number of rotatable bonds is 3. The number of nitrogens with zero attached hydrogens (tertiary/aromatic N) is 1. The molecule has 1 N–H and O–H groups in total. The molecular formula is C13H10BrFN2OS. The van der Waals surface area contributed by atoms with Crippen LogP contribution in [0.2, 0.25) is 0 Å². The molecule has 0 spiro atoms. The van der Waals surface area contributed by atoms with E-state index in [1.165, 1.54) is 23.9 Å². The van der Waals surface area contributed by atoms with Gasteiger partial charge in [0.2, 0.25) is 0 Å². The standard InChI is InChI=1S/C13H10BrFN2OS/c1-19-13-9(3-2-6-16-13)12(18)17-11-5-4-8(14)7-10(11)15/h2-7H,1H3,(H,17,18). The second-order valence-corrected chi connectivity index (χ2v) is 5.35. The van der Waals surface area contributed by atoms with E-state index in [1.807, 2.05) is 6.26 Å². The third kappa shape index (κ3) is 3.33. The molecule has 1 aromatic carbocycles. The van der Waals surface area contributed by atoms with E-state index in [2.05, 4.69) is 26.2 Å². The smallest absolute Gasteiger partial charge is 0.258 e. The topological polar surface area (TPSA) is 42.0 Å². The third-order valence-corrected chi connectivity index (χ3v) is 3.59. The summed E-state index contributed by atoms with van der Waals surface area (Å²) in [5.74, 6) is -0.865. The van der Waals surface area contributed by atoms with Crippen LogP contribution in [0.5, 0.6) is 0 Å². The van der Waals surface area contributed by atoms with Gasteiger partial charge in [0.05, 0.1) is 11.3 Å². The van der Waals surface area contributed by atoms with Crippen molar-refractivity contribution in [3.05, 3.63) is 52.4 Å². The molecule has 0 bridgehead atoms. The zero-order valence-electron chi connectivity index (χ0n) is 9.98. The molecule has 0 radical (unpaired) electrons. The second kappa shape index (κ2) is 6.16. The van der Waals surface area contributed by atoms with Gasteiger partial charge in [0.15, 0.2) is 0 Å². The minimum absolute atomic E-state index is 0.143.